The predicted molar refractivity (Wildman–Crippen MR) is 75.8 cm³/mol. The molecule has 1 N–H and O–H groups in total. The average molecular weight is 314 g/mol. The zero-order valence-corrected chi connectivity index (χ0v) is 12.5. The van der Waals surface area contributed by atoms with E-state index in [4.69, 9.17) is 21.1 Å². The minimum atomic E-state index is -0.448. The Morgan fingerprint density at radius 2 is 2.19 bits per heavy atom. The van der Waals surface area contributed by atoms with E-state index in [1.807, 2.05) is 0 Å². The second-order valence-electron chi connectivity index (χ2n) is 4.62. The number of esters is 1. The quantitative estimate of drug-likeness (QED) is 0.827. The number of carbonyl (C=O) groups is 2. The fraction of sp³-hybridized carbons (Fsp3) is 0.429. The summed E-state index contributed by atoms with van der Waals surface area (Å²) in [5.74, 6) is -0.106. The third-order valence-electron chi connectivity index (χ3n) is 3.08. The van der Waals surface area contributed by atoms with Gasteiger partial charge in [0.1, 0.15) is 18.5 Å². The van der Waals surface area contributed by atoms with Crippen LogP contribution in [0.5, 0.6) is 5.75 Å². The molecule has 1 aliphatic rings. The number of hydrogen-bond acceptors (Lipinski definition) is 5. The van der Waals surface area contributed by atoms with Gasteiger partial charge in [-0.1, -0.05) is 11.6 Å². The lowest BCUT2D eigenvalue weighted by Crippen LogP contribution is -2.36. The molecule has 21 heavy (non-hydrogen) atoms. The second kappa shape index (κ2) is 6.78. The molecule has 0 saturated heterocycles. The summed E-state index contributed by atoms with van der Waals surface area (Å²) in [6.45, 7) is 0.355. The minimum Gasteiger partial charge on any atom is -0.486 e. The molecule has 0 radical (unpaired) electrons. The largest absolute Gasteiger partial charge is 0.486 e. The summed E-state index contributed by atoms with van der Waals surface area (Å²) in [6.07, 6.45) is 0.346. The molecule has 0 bridgehead atoms. The van der Waals surface area contributed by atoms with Crippen molar-refractivity contribution < 1.29 is 23.8 Å². The Morgan fingerprint density at radius 3 is 2.86 bits per heavy atom. The van der Waals surface area contributed by atoms with Crippen molar-refractivity contribution in [3.8, 4) is 5.75 Å². The molecular weight excluding hydrogens is 298 g/mol. The number of carbonyl (C=O) groups excluding carboxylic acids is 2. The van der Waals surface area contributed by atoms with Crippen molar-refractivity contribution in [2.45, 2.75) is 12.5 Å². The molecule has 0 aromatic heterocycles. The van der Waals surface area contributed by atoms with Gasteiger partial charge in [-0.15, -0.1) is 0 Å². The lowest BCUT2D eigenvalue weighted by Gasteiger charge is -2.12. The summed E-state index contributed by atoms with van der Waals surface area (Å²) in [7, 11) is 2.77. The number of ether oxygens (including phenoxy) is 3. The van der Waals surface area contributed by atoms with E-state index < -0.39 is 5.97 Å². The van der Waals surface area contributed by atoms with E-state index in [-0.39, 0.29) is 18.6 Å². The molecule has 1 amide bonds. The Morgan fingerprint density at radius 1 is 1.43 bits per heavy atom. The van der Waals surface area contributed by atoms with Crippen LogP contribution >= 0.6 is 11.6 Å². The fourth-order valence-electron chi connectivity index (χ4n) is 2.15. The van der Waals surface area contributed by atoms with Gasteiger partial charge in [0.2, 0.25) is 5.91 Å². The number of rotatable bonds is 5. The molecular formula is C14H16ClNO5. The maximum atomic E-state index is 11.5. The molecule has 1 aliphatic heterocycles. The van der Waals surface area contributed by atoms with Crippen LogP contribution in [-0.2, 0) is 20.7 Å². The van der Waals surface area contributed by atoms with Crippen LogP contribution in [0.3, 0.4) is 0 Å². The Labute approximate surface area is 127 Å². The molecule has 7 heteroatoms. The van der Waals surface area contributed by atoms with Crippen LogP contribution in [0.25, 0.3) is 0 Å². The van der Waals surface area contributed by atoms with Gasteiger partial charge in [-0.05, 0) is 12.1 Å². The van der Waals surface area contributed by atoms with E-state index in [1.54, 1.807) is 6.07 Å². The average Bonchev–Trinajstić information content (AvgIpc) is 2.88. The van der Waals surface area contributed by atoms with E-state index in [2.05, 4.69) is 10.1 Å². The Bertz CT molecular complexity index is 561. The van der Waals surface area contributed by atoms with Gasteiger partial charge in [-0.2, -0.15) is 0 Å². The van der Waals surface area contributed by atoms with E-state index in [1.165, 1.54) is 20.3 Å². The van der Waals surface area contributed by atoms with Crippen molar-refractivity contribution in [1.82, 2.24) is 5.32 Å². The number of benzene rings is 1. The molecule has 1 heterocycles. The zero-order chi connectivity index (χ0) is 15.4. The van der Waals surface area contributed by atoms with Crippen molar-refractivity contribution in [3.05, 3.63) is 28.3 Å². The summed E-state index contributed by atoms with van der Waals surface area (Å²) in [6, 6.07) is 3.21. The normalized spacial score (nSPS) is 16.0. The molecule has 0 unspecified atom stereocenters. The summed E-state index contributed by atoms with van der Waals surface area (Å²) in [5, 5.41) is 3.06. The van der Waals surface area contributed by atoms with Crippen LogP contribution in [0, 0.1) is 0 Å². The van der Waals surface area contributed by atoms with Crippen LogP contribution in [-0.4, -0.2) is 45.4 Å². The summed E-state index contributed by atoms with van der Waals surface area (Å²) >= 11 is 6.11. The highest BCUT2D eigenvalue weighted by atomic mass is 35.5. The van der Waals surface area contributed by atoms with Gasteiger partial charge in [-0.3, -0.25) is 4.79 Å². The number of nitrogens with one attached hydrogen (secondary N) is 1. The molecule has 0 saturated carbocycles. The molecule has 0 aliphatic carbocycles. The van der Waals surface area contributed by atoms with Crippen molar-refractivity contribution in [3.63, 3.8) is 0 Å². The number of hydrogen-bond donors (Lipinski definition) is 1. The number of fused-ring (bicyclic) bond motifs is 1. The van der Waals surface area contributed by atoms with Crippen molar-refractivity contribution in [2.75, 3.05) is 27.4 Å². The van der Waals surface area contributed by atoms with Gasteiger partial charge in [0, 0.05) is 19.1 Å². The zero-order valence-electron chi connectivity index (χ0n) is 11.8. The number of methoxy groups -OCH3 is 2. The highest BCUT2D eigenvalue weighted by Gasteiger charge is 2.27. The third kappa shape index (κ3) is 3.65. The highest BCUT2D eigenvalue weighted by molar-refractivity contribution is 6.32. The Kier molecular flexibility index (Phi) is 5.03. The highest BCUT2D eigenvalue weighted by Crippen LogP contribution is 2.37. The third-order valence-corrected chi connectivity index (χ3v) is 3.36. The summed E-state index contributed by atoms with van der Waals surface area (Å²) in [4.78, 5) is 22.9. The van der Waals surface area contributed by atoms with Gasteiger partial charge in [-0.25, -0.2) is 4.79 Å². The summed E-state index contributed by atoms with van der Waals surface area (Å²) in [5.41, 5.74) is 1.21. The lowest BCUT2D eigenvalue weighted by molar-refractivity contribution is -0.125. The minimum absolute atomic E-state index is 0.00686. The van der Waals surface area contributed by atoms with Gasteiger partial charge in [0.15, 0.2) is 0 Å². The van der Waals surface area contributed by atoms with Crippen LogP contribution in [0.4, 0.5) is 0 Å². The molecule has 0 spiro atoms. The first-order chi connectivity index (χ1) is 10.0. The van der Waals surface area contributed by atoms with E-state index >= 15 is 0 Å². The maximum Gasteiger partial charge on any atom is 0.337 e. The Balaban J connectivity index is 2.03. The first-order valence-electron chi connectivity index (χ1n) is 6.38. The standard InChI is InChI=1S/C14H16ClNO5/c1-19-7-12(17)16-6-10-4-8-3-9(14(18)20-2)5-11(15)13(8)21-10/h3,5,10H,4,6-7H2,1-2H3,(H,16,17)/t10-/m1/s1. The van der Waals surface area contributed by atoms with Gasteiger partial charge >= 0.3 is 5.97 Å². The number of amides is 1. The molecule has 1 atom stereocenters. The first-order valence-corrected chi connectivity index (χ1v) is 6.76. The van der Waals surface area contributed by atoms with E-state index in [9.17, 15) is 9.59 Å². The molecule has 1 aromatic carbocycles. The van der Waals surface area contributed by atoms with Crippen LogP contribution in [0.15, 0.2) is 12.1 Å². The SMILES string of the molecule is COCC(=O)NC[C@H]1Cc2cc(C(=O)OC)cc(Cl)c2O1. The van der Waals surface area contributed by atoms with Crippen LogP contribution in [0.1, 0.15) is 15.9 Å². The van der Waals surface area contributed by atoms with Crippen molar-refractivity contribution >= 4 is 23.5 Å². The molecule has 114 valence electrons. The monoisotopic (exact) mass is 313 g/mol. The molecule has 0 fully saturated rings. The molecule has 1 aromatic rings. The van der Waals surface area contributed by atoms with E-state index in [0.717, 1.165) is 5.56 Å². The van der Waals surface area contributed by atoms with Crippen molar-refractivity contribution in [1.29, 1.82) is 0 Å². The number of halogens is 1. The lowest BCUT2D eigenvalue weighted by atomic mass is 10.1. The van der Waals surface area contributed by atoms with Crippen LogP contribution < -0.4 is 10.1 Å². The topological polar surface area (TPSA) is 73.9 Å². The molecule has 6 nitrogen and oxygen atoms in total. The summed E-state index contributed by atoms with van der Waals surface area (Å²) < 4.78 is 15.1. The van der Waals surface area contributed by atoms with Gasteiger partial charge in [0.25, 0.3) is 0 Å². The van der Waals surface area contributed by atoms with Gasteiger partial charge < -0.3 is 19.5 Å². The Hall–Kier alpha value is -1.79. The first kappa shape index (κ1) is 15.6. The van der Waals surface area contributed by atoms with Crippen molar-refractivity contribution in [2.24, 2.45) is 0 Å². The molecule has 2 rings (SSSR count). The van der Waals surface area contributed by atoms with Crippen LogP contribution in [0.2, 0.25) is 5.02 Å². The maximum absolute atomic E-state index is 11.5. The van der Waals surface area contributed by atoms with E-state index in [0.29, 0.717) is 29.3 Å². The predicted octanol–water partition coefficient (Wildman–Crippen LogP) is 1.19. The smallest absolute Gasteiger partial charge is 0.337 e. The second-order valence-corrected chi connectivity index (χ2v) is 5.03. The van der Waals surface area contributed by atoms with Gasteiger partial charge in [0.05, 0.1) is 24.2 Å². The fourth-order valence-corrected chi connectivity index (χ4v) is 2.43.